The third-order valence-corrected chi connectivity index (χ3v) is 3.13. The van der Waals surface area contributed by atoms with Crippen LogP contribution in [-0.4, -0.2) is 20.6 Å². The third kappa shape index (κ3) is 2.33. The van der Waals surface area contributed by atoms with Crippen LogP contribution in [0.2, 0.25) is 0 Å². The molecule has 0 bridgehead atoms. The summed E-state index contributed by atoms with van der Waals surface area (Å²) in [5.74, 6) is -0.235. The maximum absolute atomic E-state index is 11.7. The minimum atomic E-state index is -3.63. The summed E-state index contributed by atoms with van der Waals surface area (Å²) in [4.78, 5) is 11.7. The Labute approximate surface area is 106 Å². The van der Waals surface area contributed by atoms with Gasteiger partial charge in [-0.1, -0.05) is 19.9 Å². The van der Waals surface area contributed by atoms with Crippen molar-refractivity contribution in [3.63, 3.8) is 0 Å². The van der Waals surface area contributed by atoms with Crippen LogP contribution in [-0.2, 0) is 14.9 Å². The first-order valence-corrected chi connectivity index (χ1v) is 7.34. The number of fused-ring (bicyclic) bond motifs is 1. The number of esters is 1. The third-order valence-electron chi connectivity index (χ3n) is 2.65. The topological polar surface area (TPSA) is 69.7 Å². The van der Waals surface area contributed by atoms with Gasteiger partial charge in [0.25, 0.3) is 0 Å². The van der Waals surface area contributed by atoms with Gasteiger partial charge in [-0.15, -0.1) is 0 Å². The van der Waals surface area contributed by atoms with E-state index in [2.05, 4.69) is 0 Å². The molecule has 1 aliphatic rings. The molecule has 18 heavy (non-hydrogen) atoms. The molecule has 1 unspecified atom stereocenters. The van der Waals surface area contributed by atoms with Gasteiger partial charge in [-0.25, -0.2) is 4.79 Å². The number of hydrogen-bond donors (Lipinski definition) is 0. The van der Waals surface area contributed by atoms with Crippen LogP contribution in [0.15, 0.2) is 18.2 Å². The standard InChI is InChI=1S/C12H14O5S/c1-7(2)11-10-8(12(13)16-11)5-4-6-9(10)17-18(3,14)15/h4-7,11H,1-3H3. The summed E-state index contributed by atoms with van der Waals surface area (Å²) >= 11 is 0. The molecule has 0 saturated heterocycles. The maximum Gasteiger partial charge on any atom is 0.339 e. The Balaban J connectivity index is 2.55. The first kappa shape index (κ1) is 12.9. The number of ether oxygens (including phenoxy) is 1. The fourth-order valence-corrected chi connectivity index (χ4v) is 2.43. The van der Waals surface area contributed by atoms with Gasteiger partial charge >= 0.3 is 16.1 Å². The molecule has 0 aromatic heterocycles. The highest BCUT2D eigenvalue weighted by atomic mass is 32.2. The highest BCUT2D eigenvalue weighted by Gasteiger charge is 2.36. The second-order valence-electron chi connectivity index (χ2n) is 4.57. The van der Waals surface area contributed by atoms with Crippen molar-refractivity contribution in [2.24, 2.45) is 5.92 Å². The summed E-state index contributed by atoms with van der Waals surface area (Å²) in [5.41, 5.74) is 0.887. The number of hydrogen-bond acceptors (Lipinski definition) is 5. The Morgan fingerprint density at radius 1 is 1.33 bits per heavy atom. The second kappa shape index (κ2) is 4.28. The van der Waals surface area contributed by atoms with Gasteiger partial charge in [0.15, 0.2) is 0 Å². The minimum absolute atomic E-state index is 0.0412. The van der Waals surface area contributed by atoms with E-state index in [0.29, 0.717) is 11.1 Å². The molecule has 0 fully saturated rings. The van der Waals surface area contributed by atoms with E-state index in [9.17, 15) is 13.2 Å². The van der Waals surface area contributed by atoms with E-state index in [0.717, 1.165) is 6.26 Å². The molecule has 0 amide bonds. The predicted molar refractivity (Wildman–Crippen MR) is 64.9 cm³/mol. The molecular weight excluding hydrogens is 256 g/mol. The van der Waals surface area contributed by atoms with E-state index in [4.69, 9.17) is 8.92 Å². The SMILES string of the molecule is CC(C)C1OC(=O)c2cccc(OS(C)(=O)=O)c21. The molecular formula is C12H14O5S. The summed E-state index contributed by atoms with van der Waals surface area (Å²) < 4.78 is 32.6. The molecule has 98 valence electrons. The Bertz CT molecular complexity index is 588. The average molecular weight is 270 g/mol. The minimum Gasteiger partial charge on any atom is -0.453 e. The van der Waals surface area contributed by atoms with Gasteiger partial charge in [0.1, 0.15) is 11.9 Å². The summed E-state index contributed by atoms with van der Waals surface area (Å²) in [5, 5.41) is 0. The monoisotopic (exact) mass is 270 g/mol. The molecule has 5 nitrogen and oxygen atoms in total. The van der Waals surface area contributed by atoms with E-state index in [1.54, 1.807) is 12.1 Å². The van der Waals surface area contributed by atoms with Crippen LogP contribution in [0.4, 0.5) is 0 Å². The van der Waals surface area contributed by atoms with Crippen molar-refractivity contribution in [2.45, 2.75) is 20.0 Å². The van der Waals surface area contributed by atoms with Crippen molar-refractivity contribution in [3.05, 3.63) is 29.3 Å². The zero-order valence-corrected chi connectivity index (χ0v) is 11.2. The quantitative estimate of drug-likeness (QED) is 0.619. The zero-order valence-electron chi connectivity index (χ0n) is 10.3. The molecule has 6 heteroatoms. The smallest absolute Gasteiger partial charge is 0.339 e. The Hall–Kier alpha value is -1.56. The van der Waals surface area contributed by atoms with Gasteiger partial charge in [-0.05, 0) is 18.1 Å². The van der Waals surface area contributed by atoms with E-state index in [1.807, 2.05) is 13.8 Å². The highest BCUT2D eigenvalue weighted by Crippen LogP contribution is 2.41. The van der Waals surface area contributed by atoms with Crippen LogP contribution in [0.25, 0.3) is 0 Å². The van der Waals surface area contributed by atoms with E-state index in [1.165, 1.54) is 6.07 Å². The first-order valence-electron chi connectivity index (χ1n) is 5.53. The van der Waals surface area contributed by atoms with Gasteiger partial charge in [0.05, 0.1) is 17.4 Å². The molecule has 0 N–H and O–H groups in total. The summed E-state index contributed by atoms with van der Waals surface area (Å²) in [6.07, 6.45) is 0.499. The van der Waals surface area contributed by atoms with E-state index >= 15 is 0 Å². The molecule has 1 heterocycles. The average Bonchev–Trinajstić information content (AvgIpc) is 2.55. The van der Waals surface area contributed by atoms with Crippen molar-refractivity contribution < 1.29 is 22.1 Å². The molecule has 0 aliphatic carbocycles. The predicted octanol–water partition coefficient (Wildman–Crippen LogP) is 1.89. The Morgan fingerprint density at radius 2 is 2.00 bits per heavy atom. The van der Waals surface area contributed by atoms with Gasteiger partial charge in [0, 0.05) is 0 Å². The number of rotatable bonds is 3. The Kier molecular flexibility index (Phi) is 3.06. The van der Waals surface area contributed by atoms with Crippen LogP contribution in [0, 0.1) is 5.92 Å². The van der Waals surface area contributed by atoms with Crippen molar-refractivity contribution >= 4 is 16.1 Å². The lowest BCUT2D eigenvalue weighted by molar-refractivity contribution is 0.0278. The fourth-order valence-electron chi connectivity index (χ4n) is 1.96. The van der Waals surface area contributed by atoms with Crippen LogP contribution >= 0.6 is 0 Å². The summed E-state index contributed by atoms with van der Waals surface area (Å²) in [6.45, 7) is 3.79. The highest BCUT2D eigenvalue weighted by molar-refractivity contribution is 7.86. The number of carbonyl (C=O) groups excluding carboxylic acids is 1. The maximum atomic E-state index is 11.7. The van der Waals surface area contributed by atoms with Crippen LogP contribution in [0.5, 0.6) is 5.75 Å². The van der Waals surface area contributed by atoms with Gasteiger partial charge in [0.2, 0.25) is 0 Å². The lowest BCUT2D eigenvalue weighted by Crippen LogP contribution is -2.11. The van der Waals surface area contributed by atoms with E-state index < -0.39 is 22.2 Å². The van der Waals surface area contributed by atoms with Crippen molar-refractivity contribution in [2.75, 3.05) is 6.26 Å². The molecule has 1 atom stereocenters. The number of benzene rings is 1. The Morgan fingerprint density at radius 3 is 2.56 bits per heavy atom. The van der Waals surface area contributed by atoms with Gasteiger partial charge in [-0.2, -0.15) is 8.42 Å². The lowest BCUT2D eigenvalue weighted by atomic mass is 9.96. The lowest BCUT2D eigenvalue weighted by Gasteiger charge is -2.16. The summed E-state index contributed by atoms with van der Waals surface area (Å²) in [6, 6.07) is 4.70. The molecule has 1 aliphatic heterocycles. The normalized spacial score (nSPS) is 18.7. The number of carbonyl (C=O) groups is 1. The molecule has 1 aromatic rings. The van der Waals surface area contributed by atoms with Crippen molar-refractivity contribution in [3.8, 4) is 5.75 Å². The molecule has 2 rings (SSSR count). The largest absolute Gasteiger partial charge is 0.453 e. The zero-order chi connectivity index (χ0) is 13.5. The summed E-state index contributed by atoms with van der Waals surface area (Å²) in [7, 11) is -3.63. The second-order valence-corrected chi connectivity index (χ2v) is 6.15. The van der Waals surface area contributed by atoms with E-state index in [-0.39, 0.29) is 11.7 Å². The number of cyclic esters (lactones) is 1. The van der Waals surface area contributed by atoms with Gasteiger partial charge < -0.3 is 8.92 Å². The fraction of sp³-hybridized carbons (Fsp3) is 0.417. The molecule has 0 radical (unpaired) electrons. The van der Waals surface area contributed by atoms with Gasteiger partial charge in [-0.3, -0.25) is 0 Å². The van der Waals surface area contributed by atoms with Crippen molar-refractivity contribution in [1.29, 1.82) is 0 Å². The van der Waals surface area contributed by atoms with Crippen molar-refractivity contribution in [1.82, 2.24) is 0 Å². The van der Waals surface area contributed by atoms with Crippen LogP contribution in [0.3, 0.4) is 0 Å². The van der Waals surface area contributed by atoms with Crippen LogP contribution < -0.4 is 4.18 Å². The molecule has 0 spiro atoms. The first-order chi connectivity index (χ1) is 8.29. The molecule has 0 saturated carbocycles. The van der Waals surface area contributed by atoms with Crippen LogP contribution in [0.1, 0.15) is 35.9 Å². The molecule has 1 aromatic carbocycles.